The SMILES string of the molecule is CCC(=O)SS[C@H](O)NC.CCOc1nc(=O)ss1.Nc1nc(=S)ss1.O=C1SS(=O)(=O)c2ccccc21.S=S=S=S=S=S=S=S. The highest BCUT2D eigenvalue weighted by atomic mass is 33.4. The van der Waals surface area contributed by atoms with Crippen LogP contribution in [0.5, 0.6) is 5.19 Å². The van der Waals surface area contributed by atoms with Crippen molar-refractivity contribution in [1.29, 1.82) is 0 Å². The molecule has 1 aromatic carbocycles. The molecule has 3 aromatic rings. The quantitative estimate of drug-likeness (QED) is 0.178. The Labute approximate surface area is 323 Å². The average Bonchev–Trinajstić information content (AvgIpc) is 3.70. The van der Waals surface area contributed by atoms with Crippen molar-refractivity contribution < 1.29 is 27.9 Å². The maximum absolute atomic E-state index is 11.2. The van der Waals surface area contributed by atoms with Gasteiger partial charge in [-0.25, -0.2) is 8.42 Å². The summed E-state index contributed by atoms with van der Waals surface area (Å²) in [5.41, 5.74) is 4.87. The molecule has 0 unspecified atom stereocenters. The molecular formula is C18H22N4O7S17. The maximum atomic E-state index is 11.2. The molecule has 1 aliphatic rings. The summed E-state index contributed by atoms with van der Waals surface area (Å²) in [6.07, 6.45) is 0.508. The topological polar surface area (TPSA) is 179 Å². The van der Waals surface area contributed by atoms with E-state index in [1.807, 2.05) is 6.92 Å². The minimum Gasteiger partial charge on any atom is -0.470 e. The van der Waals surface area contributed by atoms with E-state index in [0.29, 0.717) is 43.7 Å². The number of ether oxygens (including phenoxy) is 1. The molecule has 0 fully saturated rings. The summed E-state index contributed by atoms with van der Waals surface area (Å²) in [5.74, 6) is 0. The Morgan fingerprint density at radius 2 is 1.67 bits per heavy atom. The second-order valence-electron chi connectivity index (χ2n) is 6.40. The molecule has 0 saturated carbocycles. The molecule has 0 amide bonds. The highest BCUT2D eigenvalue weighted by molar-refractivity contribution is 8.82. The Morgan fingerprint density at radius 1 is 1.04 bits per heavy atom. The number of aliphatic hydroxyl groups excluding tert-OH is 1. The lowest BCUT2D eigenvalue weighted by Crippen LogP contribution is -2.19. The van der Waals surface area contributed by atoms with Gasteiger partial charge in [0.2, 0.25) is 14.0 Å². The van der Waals surface area contributed by atoms with Crippen molar-refractivity contribution in [2.45, 2.75) is 30.7 Å². The molecule has 1 aliphatic heterocycles. The number of fused-ring (bicyclic) bond motifs is 1. The third kappa shape index (κ3) is 22.5. The first-order valence-corrected chi connectivity index (χ1v) is 30.3. The molecule has 11 nitrogen and oxygen atoms in total. The molecule has 0 aliphatic carbocycles. The molecule has 28 heteroatoms. The van der Waals surface area contributed by atoms with Gasteiger partial charge in [-0.3, -0.25) is 19.7 Å². The van der Waals surface area contributed by atoms with E-state index in [1.54, 1.807) is 61.6 Å². The highest BCUT2D eigenvalue weighted by Crippen LogP contribution is 2.37. The first kappa shape index (κ1) is 46.8. The molecule has 46 heavy (non-hydrogen) atoms. The van der Waals surface area contributed by atoms with E-state index >= 15 is 0 Å². The second kappa shape index (κ2) is 28.5. The lowest BCUT2D eigenvalue weighted by molar-refractivity contribution is -0.110. The molecular weight excluding hydrogens is 929 g/mol. The summed E-state index contributed by atoms with van der Waals surface area (Å²) in [6, 6.07) is 6.23. The van der Waals surface area contributed by atoms with Crippen LogP contribution in [0.3, 0.4) is 0 Å². The smallest absolute Gasteiger partial charge is 0.340 e. The van der Waals surface area contributed by atoms with Crippen molar-refractivity contribution in [2.24, 2.45) is 0 Å². The number of nitrogen functional groups attached to an aromatic ring is 1. The Balaban J connectivity index is 0.000000558. The summed E-state index contributed by atoms with van der Waals surface area (Å²) in [6.45, 7) is 4.22. The Bertz CT molecular complexity index is 1840. The third-order valence-electron chi connectivity index (χ3n) is 3.50. The van der Waals surface area contributed by atoms with Crippen LogP contribution in [0.25, 0.3) is 0 Å². The average molecular weight is 952 g/mol. The van der Waals surface area contributed by atoms with Gasteiger partial charge in [0, 0.05) is 87.6 Å². The molecule has 1 atom stereocenters. The number of nitrogens with zero attached hydrogens (tertiary/aromatic N) is 2. The fourth-order valence-electron chi connectivity index (χ4n) is 1.86. The number of anilines is 1. The minimum atomic E-state index is -3.39. The van der Waals surface area contributed by atoms with Gasteiger partial charge in [0.15, 0.2) is 19.8 Å². The number of rotatable bonds is 6. The number of carbonyl (C=O) groups excluding carboxylic acids is 2. The van der Waals surface area contributed by atoms with Crippen molar-refractivity contribution in [3.8, 4) is 5.19 Å². The van der Waals surface area contributed by atoms with Crippen molar-refractivity contribution in [3.05, 3.63) is 43.5 Å². The van der Waals surface area contributed by atoms with Crippen LogP contribution in [0.4, 0.5) is 5.13 Å². The second-order valence-corrected chi connectivity index (χ2v) is 27.9. The normalized spacial score (nSPS) is 12.2. The number of nitrogens with two attached hydrogens (primary N) is 1. The van der Waals surface area contributed by atoms with Crippen LogP contribution < -0.4 is 20.7 Å². The van der Waals surface area contributed by atoms with Gasteiger partial charge >= 0.3 is 4.87 Å². The van der Waals surface area contributed by atoms with Gasteiger partial charge in [-0.2, -0.15) is 9.97 Å². The lowest BCUT2D eigenvalue weighted by atomic mass is 10.2. The summed E-state index contributed by atoms with van der Waals surface area (Å²) in [7, 11) is 15.1. The number of hydrogen-bond acceptors (Lipinski definition) is 21. The zero-order valence-electron chi connectivity index (χ0n) is 23.1. The molecule has 0 saturated heterocycles. The molecule has 0 radical (unpaired) electrons. The zero-order chi connectivity index (χ0) is 35.0. The number of benzene rings is 1. The Kier molecular flexibility index (Phi) is 29.0. The number of nitrogens with one attached hydrogen (secondary N) is 1. The van der Waals surface area contributed by atoms with Crippen LogP contribution >= 0.6 is 86.0 Å². The van der Waals surface area contributed by atoms with E-state index in [4.69, 9.17) is 15.6 Å². The Hall–Kier alpha value is 0.820. The molecule has 258 valence electrons. The van der Waals surface area contributed by atoms with Crippen LogP contribution in [-0.4, -0.2) is 52.9 Å². The molecule has 4 N–H and O–H groups in total. The van der Waals surface area contributed by atoms with E-state index in [-0.39, 0.29) is 20.0 Å². The van der Waals surface area contributed by atoms with Gasteiger partial charge in [0.05, 0.1) is 22.3 Å². The van der Waals surface area contributed by atoms with Gasteiger partial charge in [0.1, 0.15) is 0 Å². The standard InChI is InChI=1S/C7H4O3S2.C5H11NO2S2.C4H5NO2S2.C2H2N2S3.S8/c8-7-5-3-1-2-4-6(5)12(9,10)11-7;1-3-4(7)9-10-5(8)6-2;1-2-7-4-5-3(6)8-9-4;3-1-4-2(5)7-6-1;1-3-5-7-8-6-4-2/h1-4H;5-6,8H,3H2,1-2H3;2H2,1H3;(H2,3,4,5);/t;5-;;;/m.0.../s1. The van der Waals surface area contributed by atoms with E-state index in [0.717, 1.165) is 31.9 Å². The van der Waals surface area contributed by atoms with Crippen molar-refractivity contribution in [1.82, 2.24) is 15.3 Å². The van der Waals surface area contributed by atoms with Crippen LogP contribution in [0, 0.1) is 3.95 Å². The van der Waals surface area contributed by atoms with Crippen molar-refractivity contribution in [2.75, 3.05) is 19.4 Å². The van der Waals surface area contributed by atoms with E-state index in [1.165, 1.54) is 60.9 Å². The van der Waals surface area contributed by atoms with Crippen molar-refractivity contribution in [3.63, 3.8) is 0 Å². The fourth-order valence-corrected chi connectivity index (χ4v) is 20.4. The summed E-state index contributed by atoms with van der Waals surface area (Å²) < 4.78 is 28.0. The fraction of sp³-hybridized carbons (Fsp3) is 0.333. The summed E-state index contributed by atoms with van der Waals surface area (Å²) >= 11 is 13.9. The minimum absolute atomic E-state index is 0.0827. The monoisotopic (exact) mass is 950 g/mol. The maximum Gasteiger partial charge on any atom is 0.340 e. The third-order valence-corrected chi connectivity index (χ3v) is 24.4. The molecule has 0 spiro atoms. The molecule has 2 aromatic heterocycles. The highest BCUT2D eigenvalue weighted by Gasteiger charge is 2.33. The van der Waals surface area contributed by atoms with E-state index < -0.39 is 14.4 Å². The first-order valence-electron chi connectivity index (χ1n) is 11.2. The lowest BCUT2D eigenvalue weighted by Gasteiger charge is -2.04. The van der Waals surface area contributed by atoms with Crippen molar-refractivity contribution >= 4 is 186 Å². The predicted molar refractivity (Wildman–Crippen MR) is 223 cm³/mol. The Morgan fingerprint density at radius 3 is 2.09 bits per heavy atom. The predicted octanol–water partition coefficient (Wildman–Crippen LogP) is 4.52. The molecule has 0 bridgehead atoms. The van der Waals surface area contributed by atoms with Gasteiger partial charge in [0.25, 0.3) is 5.19 Å². The van der Waals surface area contributed by atoms with Gasteiger partial charge in [-0.05, 0) is 101 Å². The number of aromatic nitrogens is 2. The van der Waals surface area contributed by atoms with Gasteiger partial charge < -0.3 is 15.6 Å². The van der Waals surface area contributed by atoms with Gasteiger partial charge in [-0.15, -0.1) is 0 Å². The summed E-state index contributed by atoms with van der Waals surface area (Å²) in [5, 5.41) is 12.2. The van der Waals surface area contributed by atoms with Crippen LogP contribution in [-0.2, 0) is 89.3 Å². The van der Waals surface area contributed by atoms with E-state index in [2.05, 4.69) is 49.9 Å². The first-order chi connectivity index (χ1) is 21.8. The summed E-state index contributed by atoms with van der Waals surface area (Å²) in [4.78, 5) is 39.4. The number of hydrogen-bond donors (Lipinski definition) is 3. The zero-order valence-corrected chi connectivity index (χ0v) is 37.0. The van der Waals surface area contributed by atoms with Crippen LogP contribution in [0.1, 0.15) is 30.6 Å². The molecule has 4 rings (SSSR count). The van der Waals surface area contributed by atoms with Crippen LogP contribution in [0.2, 0.25) is 0 Å². The van der Waals surface area contributed by atoms with E-state index in [9.17, 15) is 22.8 Å². The number of aliphatic hydroxyl groups is 1. The van der Waals surface area contributed by atoms with Crippen LogP contribution in [0.15, 0.2) is 34.0 Å². The molecule has 3 heterocycles. The number of carbonyl (C=O) groups is 2. The largest absolute Gasteiger partial charge is 0.470 e. The van der Waals surface area contributed by atoms with Gasteiger partial charge in [-0.1, -0.05) is 19.1 Å².